The molecule has 0 radical (unpaired) electrons. The number of allylic oxidation sites excluding steroid dienone is 11. The Hall–Kier alpha value is -3.84. The summed E-state index contributed by atoms with van der Waals surface area (Å²) in [6.07, 6.45) is 51.9. The van der Waals surface area contributed by atoms with Crippen molar-refractivity contribution in [3.63, 3.8) is 0 Å². The zero-order chi connectivity index (χ0) is 54.7. The van der Waals surface area contributed by atoms with Crippen LogP contribution in [0.1, 0.15) is 252 Å². The topological polar surface area (TPSA) is 175 Å². The van der Waals surface area contributed by atoms with Gasteiger partial charge in [0.1, 0.15) is 18.8 Å². The molecule has 430 valence electrons. The summed E-state index contributed by atoms with van der Waals surface area (Å²) in [5, 5.41) is 31.5. The summed E-state index contributed by atoms with van der Waals surface area (Å²) in [5.41, 5.74) is 0. The molecule has 1 aliphatic heterocycles. The van der Waals surface area contributed by atoms with Crippen molar-refractivity contribution in [1.29, 1.82) is 0 Å². The van der Waals surface area contributed by atoms with Gasteiger partial charge in [-0.2, -0.15) is 0 Å². The molecule has 1 rings (SSSR count). The number of aliphatic hydroxyl groups excluding tert-OH is 2. The van der Waals surface area contributed by atoms with Crippen molar-refractivity contribution in [2.45, 2.75) is 289 Å². The van der Waals surface area contributed by atoms with E-state index in [4.69, 9.17) is 23.7 Å². The molecule has 0 aromatic carbocycles. The van der Waals surface area contributed by atoms with Crippen molar-refractivity contribution in [2.24, 2.45) is 0 Å². The van der Waals surface area contributed by atoms with Gasteiger partial charge in [0.25, 0.3) is 0 Å². The summed E-state index contributed by atoms with van der Waals surface area (Å²) >= 11 is 0. The Morgan fingerprint density at radius 2 is 0.880 bits per heavy atom. The number of carbonyl (C=O) groups is 4. The van der Waals surface area contributed by atoms with E-state index in [1.54, 1.807) is 6.08 Å². The molecule has 0 aromatic heterocycles. The molecule has 0 saturated carbocycles. The Labute approximate surface area is 455 Å². The van der Waals surface area contributed by atoms with Crippen LogP contribution in [0.2, 0.25) is 0 Å². The molecular weight excluding hydrogens is 949 g/mol. The van der Waals surface area contributed by atoms with E-state index >= 15 is 0 Å². The number of aliphatic hydroxyl groups is 2. The zero-order valence-corrected chi connectivity index (χ0v) is 47.3. The maximum atomic E-state index is 13.1. The fourth-order valence-electron chi connectivity index (χ4n) is 8.73. The minimum absolute atomic E-state index is 0.0143. The lowest BCUT2D eigenvalue weighted by Crippen LogP contribution is -2.61. The molecule has 1 aliphatic rings. The van der Waals surface area contributed by atoms with Gasteiger partial charge in [0.2, 0.25) is 0 Å². The Morgan fingerprint density at radius 1 is 0.467 bits per heavy atom. The third-order valence-electron chi connectivity index (χ3n) is 13.3. The Balaban J connectivity index is 2.69. The summed E-state index contributed by atoms with van der Waals surface area (Å²) < 4.78 is 28.3. The number of aliphatic carboxylic acids is 1. The fraction of sp³-hybridized carbons (Fsp3) is 0.746. The highest BCUT2D eigenvalue weighted by atomic mass is 16.7. The van der Waals surface area contributed by atoms with Crippen molar-refractivity contribution >= 4 is 23.9 Å². The van der Waals surface area contributed by atoms with E-state index < -0.39 is 67.3 Å². The van der Waals surface area contributed by atoms with Crippen LogP contribution in [-0.4, -0.2) is 89.2 Å². The lowest BCUT2D eigenvalue weighted by molar-refractivity contribution is -0.301. The average molecular weight is 1060 g/mol. The lowest BCUT2D eigenvalue weighted by Gasteiger charge is -2.40. The first-order chi connectivity index (χ1) is 36.6. The molecule has 75 heavy (non-hydrogen) atoms. The van der Waals surface area contributed by atoms with Gasteiger partial charge >= 0.3 is 23.9 Å². The smallest absolute Gasteiger partial charge is 0.335 e. The Morgan fingerprint density at radius 3 is 1.33 bits per heavy atom. The van der Waals surface area contributed by atoms with Crippen LogP contribution in [0.4, 0.5) is 0 Å². The normalized spacial score (nSPS) is 18.7. The molecule has 0 aliphatic carbocycles. The molecule has 0 spiro atoms. The third-order valence-corrected chi connectivity index (χ3v) is 13.3. The molecule has 6 unspecified atom stereocenters. The van der Waals surface area contributed by atoms with Crippen LogP contribution in [0.5, 0.6) is 0 Å². The maximum Gasteiger partial charge on any atom is 0.335 e. The van der Waals surface area contributed by atoms with Crippen molar-refractivity contribution in [2.75, 3.05) is 13.2 Å². The van der Waals surface area contributed by atoms with Gasteiger partial charge in [0.05, 0.1) is 13.0 Å². The van der Waals surface area contributed by atoms with Gasteiger partial charge in [-0.05, 0) is 70.6 Å². The maximum absolute atomic E-state index is 13.1. The number of rotatable bonds is 50. The van der Waals surface area contributed by atoms with Crippen LogP contribution in [0.15, 0.2) is 72.9 Å². The second-order valence-electron chi connectivity index (χ2n) is 20.3. The van der Waals surface area contributed by atoms with Crippen LogP contribution >= 0.6 is 0 Å². The van der Waals surface area contributed by atoms with E-state index in [-0.39, 0.29) is 25.9 Å². The number of carbonyl (C=O) groups excluding carboxylic acids is 3. The van der Waals surface area contributed by atoms with Gasteiger partial charge in [0.15, 0.2) is 24.6 Å². The number of carboxylic acid groups (broad SMARTS) is 1. The first kappa shape index (κ1) is 69.2. The van der Waals surface area contributed by atoms with E-state index in [0.29, 0.717) is 19.3 Å². The third kappa shape index (κ3) is 41.0. The highest BCUT2D eigenvalue weighted by Crippen LogP contribution is 2.26. The quantitative estimate of drug-likeness (QED) is 0.0228. The first-order valence-corrected chi connectivity index (χ1v) is 29.9. The van der Waals surface area contributed by atoms with E-state index in [1.165, 1.54) is 116 Å². The molecule has 0 bridgehead atoms. The van der Waals surface area contributed by atoms with Crippen LogP contribution in [0.3, 0.4) is 0 Å². The number of carboxylic acids is 1. The van der Waals surface area contributed by atoms with E-state index in [1.807, 2.05) is 12.2 Å². The van der Waals surface area contributed by atoms with Gasteiger partial charge in [0, 0.05) is 12.8 Å². The van der Waals surface area contributed by atoms with Crippen LogP contribution < -0.4 is 0 Å². The summed E-state index contributed by atoms with van der Waals surface area (Å²) in [6.45, 7) is 5.78. The number of ether oxygens (including phenoxy) is 5. The predicted octanol–water partition coefficient (Wildman–Crippen LogP) is 15.3. The SMILES string of the molecule is CC/C=C\C/C=C\C/C=C\C/C=C\C/C=C\CC(=O)OCC(COC1OC(C(=O)O)C(O)C(O)C1OC(=O)CCCCCCCCCCC/C=C\CCCCCCCC)OC(=O)CCCCCCCCCCCCC. The molecular formula is C63H106O12. The van der Waals surface area contributed by atoms with Crippen LogP contribution in [-0.2, 0) is 42.9 Å². The van der Waals surface area contributed by atoms with E-state index in [9.17, 15) is 34.5 Å². The van der Waals surface area contributed by atoms with E-state index in [0.717, 1.165) is 77.0 Å². The molecule has 12 heteroatoms. The van der Waals surface area contributed by atoms with E-state index in [2.05, 4.69) is 75.5 Å². The van der Waals surface area contributed by atoms with Crippen molar-refractivity contribution in [1.82, 2.24) is 0 Å². The number of hydrogen-bond acceptors (Lipinski definition) is 11. The number of hydrogen-bond donors (Lipinski definition) is 3. The highest BCUT2D eigenvalue weighted by Gasteiger charge is 2.50. The summed E-state index contributed by atoms with van der Waals surface area (Å²) in [6, 6.07) is 0. The summed E-state index contributed by atoms with van der Waals surface area (Å²) in [4.78, 5) is 51.0. The number of esters is 3. The minimum atomic E-state index is -1.91. The number of unbranched alkanes of at least 4 members (excludes halogenated alkanes) is 25. The van der Waals surface area contributed by atoms with Crippen molar-refractivity contribution < 1.29 is 58.2 Å². The van der Waals surface area contributed by atoms with Crippen LogP contribution in [0, 0.1) is 0 Å². The molecule has 0 amide bonds. The molecule has 1 heterocycles. The largest absolute Gasteiger partial charge is 0.479 e. The van der Waals surface area contributed by atoms with Gasteiger partial charge in [-0.15, -0.1) is 0 Å². The molecule has 0 aromatic rings. The van der Waals surface area contributed by atoms with Crippen molar-refractivity contribution in [3.8, 4) is 0 Å². The molecule has 1 saturated heterocycles. The summed E-state index contributed by atoms with van der Waals surface area (Å²) in [5.74, 6) is -3.28. The van der Waals surface area contributed by atoms with Gasteiger partial charge in [-0.1, -0.05) is 235 Å². The highest BCUT2D eigenvalue weighted by molar-refractivity contribution is 5.74. The molecule has 3 N–H and O–H groups in total. The Bertz CT molecular complexity index is 1580. The second kappa shape index (κ2) is 50.9. The minimum Gasteiger partial charge on any atom is -0.479 e. The van der Waals surface area contributed by atoms with Gasteiger partial charge in [-0.3, -0.25) is 14.4 Å². The Kier molecular flexibility index (Phi) is 47.0. The standard InChI is InChI=1S/C63H106O12/c1-4-7-10-13-16-19-22-24-26-27-28-29-31-33-36-39-42-45-48-51-57(66)74-61-59(68)58(67)60(62(69)70)75-63(61)72-53-54(73-56(65)50-47-44-41-38-34-21-18-15-12-9-6-3)52-71-55(64)49-46-43-40-37-35-32-30-25-23-20-17-14-11-8-5-2/h8,11,17,20,24-26,30,35,37,43,46,54,58-61,63,67-68H,4-7,9-10,12-16,18-19,21-23,27-29,31-34,36,38-42,44-45,47-53H2,1-3H3,(H,69,70)/b11-8-,20-17-,26-24-,30-25-,37-35-,46-43-. The second-order valence-corrected chi connectivity index (χ2v) is 20.3. The van der Waals surface area contributed by atoms with Gasteiger partial charge < -0.3 is 39.0 Å². The molecule has 12 nitrogen and oxygen atoms in total. The zero-order valence-electron chi connectivity index (χ0n) is 47.3. The lowest BCUT2D eigenvalue weighted by atomic mass is 9.98. The predicted molar refractivity (Wildman–Crippen MR) is 303 cm³/mol. The fourth-order valence-corrected chi connectivity index (χ4v) is 8.73. The average Bonchev–Trinajstić information content (AvgIpc) is 3.39. The van der Waals surface area contributed by atoms with Gasteiger partial charge in [-0.25, -0.2) is 4.79 Å². The molecule has 1 fully saturated rings. The van der Waals surface area contributed by atoms with Crippen molar-refractivity contribution in [3.05, 3.63) is 72.9 Å². The monoisotopic (exact) mass is 1050 g/mol. The molecule has 6 atom stereocenters. The first-order valence-electron chi connectivity index (χ1n) is 29.9. The summed E-state index contributed by atoms with van der Waals surface area (Å²) in [7, 11) is 0. The van der Waals surface area contributed by atoms with Crippen LogP contribution in [0.25, 0.3) is 0 Å².